The van der Waals surface area contributed by atoms with Crippen molar-refractivity contribution < 1.29 is 28.2 Å². The second kappa shape index (κ2) is 10.8. The standard InChI is InChI=1S/C27H31FN4O5/c1-32-22-11-10-20(14-25(33)29-17-3-2-4-17)37-24(22)15-36-23-12-9-19(13-21(23)26(32)34)31-27(35)30-18-7-5-16(28)6-8-18/h5-9,12-13,17,20,22,24H,2-4,10-11,14-15H2,1H3,(H,29,33)(H2,30,31,35)/t20-,22-,24+/m1/s1. The van der Waals surface area contributed by atoms with Gasteiger partial charge in [-0.15, -0.1) is 0 Å². The van der Waals surface area contributed by atoms with Gasteiger partial charge >= 0.3 is 6.03 Å². The number of nitrogens with one attached hydrogen (secondary N) is 3. The fraction of sp³-hybridized carbons (Fsp3) is 0.444. The van der Waals surface area contributed by atoms with Gasteiger partial charge < -0.3 is 30.3 Å². The van der Waals surface area contributed by atoms with E-state index >= 15 is 0 Å². The Hall–Kier alpha value is -3.66. The number of likely N-dealkylation sites (N-methyl/N-ethyl adjacent to an activating group) is 1. The molecule has 4 amide bonds. The first-order chi connectivity index (χ1) is 17.9. The number of carbonyl (C=O) groups excluding carboxylic acids is 3. The molecule has 2 heterocycles. The second-order valence-electron chi connectivity index (χ2n) is 9.86. The van der Waals surface area contributed by atoms with E-state index in [4.69, 9.17) is 9.47 Å². The highest BCUT2D eigenvalue weighted by molar-refractivity contribution is 6.02. The van der Waals surface area contributed by atoms with Gasteiger partial charge in [-0.1, -0.05) is 0 Å². The summed E-state index contributed by atoms with van der Waals surface area (Å²) in [6, 6.07) is 9.86. The van der Waals surface area contributed by atoms with E-state index in [-0.39, 0.29) is 36.7 Å². The van der Waals surface area contributed by atoms with Crippen LogP contribution in [-0.4, -0.2) is 60.7 Å². The van der Waals surface area contributed by atoms with Crippen LogP contribution in [0.1, 0.15) is 48.9 Å². The molecule has 2 fully saturated rings. The number of nitrogens with zero attached hydrogens (tertiary/aromatic N) is 1. The van der Waals surface area contributed by atoms with Gasteiger partial charge in [0.25, 0.3) is 5.91 Å². The molecule has 0 radical (unpaired) electrons. The van der Waals surface area contributed by atoms with Gasteiger partial charge in [0.15, 0.2) is 0 Å². The van der Waals surface area contributed by atoms with Gasteiger partial charge in [0.05, 0.1) is 24.1 Å². The smallest absolute Gasteiger partial charge is 0.323 e. The molecule has 196 valence electrons. The summed E-state index contributed by atoms with van der Waals surface area (Å²) in [6.45, 7) is 0.244. The molecular formula is C27H31FN4O5. The molecule has 2 aromatic rings. The summed E-state index contributed by atoms with van der Waals surface area (Å²) in [5.41, 5.74) is 1.19. The molecule has 1 saturated heterocycles. The van der Waals surface area contributed by atoms with Crippen molar-refractivity contribution in [1.29, 1.82) is 0 Å². The fourth-order valence-electron chi connectivity index (χ4n) is 4.98. The molecule has 0 spiro atoms. The van der Waals surface area contributed by atoms with E-state index in [0.29, 0.717) is 48.0 Å². The highest BCUT2D eigenvalue weighted by Gasteiger charge is 2.39. The number of ether oxygens (including phenoxy) is 2. The number of urea groups is 1. The first-order valence-electron chi connectivity index (χ1n) is 12.7. The monoisotopic (exact) mass is 510 g/mol. The normalized spacial score (nSPS) is 23.4. The van der Waals surface area contributed by atoms with Crippen LogP contribution in [0.25, 0.3) is 0 Å². The van der Waals surface area contributed by atoms with Crippen LogP contribution >= 0.6 is 0 Å². The summed E-state index contributed by atoms with van der Waals surface area (Å²) in [5.74, 6) is -0.227. The predicted octanol–water partition coefficient (Wildman–Crippen LogP) is 3.91. The van der Waals surface area contributed by atoms with Crippen LogP contribution in [0.15, 0.2) is 42.5 Å². The van der Waals surface area contributed by atoms with Gasteiger partial charge in [-0.3, -0.25) is 9.59 Å². The van der Waals surface area contributed by atoms with Gasteiger partial charge in [0.2, 0.25) is 5.91 Å². The molecule has 3 atom stereocenters. The first kappa shape index (κ1) is 25.0. The predicted molar refractivity (Wildman–Crippen MR) is 135 cm³/mol. The minimum absolute atomic E-state index is 0.0122. The van der Waals surface area contributed by atoms with Gasteiger partial charge in [0, 0.05) is 24.5 Å². The summed E-state index contributed by atoms with van der Waals surface area (Å²) in [7, 11) is 1.74. The van der Waals surface area contributed by atoms with E-state index in [0.717, 1.165) is 19.3 Å². The second-order valence-corrected chi connectivity index (χ2v) is 9.86. The molecule has 0 bridgehead atoms. The Balaban J connectivity index is 1.23. The van der Waals surface area contributed by atoms with Gasteiger partial charge in [-0.2, -0.15) is 0 Å². The molecule has 2 aliphatic heterocycles. The SMILES string of the molecule is CN1C(=O)c2cc(NC(=O)Nc3ccc(F)cc3)ccc2OC[C@@H]2O[C@@H](CC(=O)NC3CCC3)CC[C@H]21. The Bertz CT molecular complexity index is 1170. The third-order valence-electron chi connectivity index (χ3n) is 7.26. The van der Waals surface area contributed by atoms with Gasteiger partial charge in [-0.25, -0.2) is 9.18 Å². The number of benzene rings is 2. The number of carbonyl (C=O) groups is 3. The van der Waals surface area contributed by atoms with Crippen LogP contribution in [0, 0.1) is 5.82 Å². The molecule has 10 heteroatoms. The Morgan fingerprint density at radius 1 is 1.03 bits per heavy atom. The van der Waals surface area contributed by atoms with Crippen molar-refractivity contribution in [2.24, 2.45) is 0 Å². The molecule has 37 heavy (non-hydrogen) atoms. The van der Waals surface area contributed by atoms with Crippen molar-refractivity contribution in [3.05, 3.63) is 53.8 Å². The minimum atomic E-state index is -0.521. The largest absolute Gasteiger partial charge is 0.490 e. The van der Waals surface area contributed by atoms with Crippen LogP contribution < -0.4 is 20.7 Å². The van der Waals surface area contributed by atoms with Crippen molar-refractivity contribution in [1.82, 2.24) is 10.2 Å². The Kier molecular flexibility index (Phi) is 7.27. The number of fused-ring (bicyclic) bond motifs is 2. The number of amides is 4. The molecular weight excluding hydrogens is 479 g/mol. The van der Waals surface area contributed by atoms with Gasteiger partial charge in [0.1, 0.15) is 24.3 Å². The van der Waals surface area contributed by atoms with E-state index in [1.54, 1.807) is 30.1 Å². The lowest BCUT2D eigenvalue weighted by Gasteiger charge is -2.42. The molecule has 3 aliphatic rings. The molecule has 2 aromatic carbocycles. The number of hydrogen-bond donors (Lipinski definition) is 3. The molecule has 0 aromatic heterocycles. The van der Waals surface area contributed by atoms with E-state index in [2.05, 4.69) is 16.0 Å². The molecule has 1 saturated carbocycles. The lowest BCUT2D eigenvalue weighted by molar-refractivity contribution is -0.135. The molecule has 9 nitrogen and oxygen atoms in total. The molecule has 5 rings (SSSR count). The van der Waals surface area contributed by atoms with E-state index in [9.17, 15) is 18.8 Å². The average molecular weight is 511 g/mol. The lowest BCUT2D eigenvalue weighted by atomic mass is 9.92. The third kappa shape index (κ3) is 5.85. The molecule has 3 N–H and O–H groups in total. The fourth-order valence-corrected chi connectivity index (χ4v) is 4.98. The average Bonchev–Trinajstić information content (AvgIpc) is 2.85. The van der Waals surface area contributed by atoms with Crippen LogP contribution in [0.5, 0.6) is 5.75 Å². The van der Waals surface area contributed by atoms with Crippen LogP contribution in [-0.2, 0) is 9.53 Å². The van der Waals surface area contributed by atoms with Gasteiger partial charge in [-0.05, 0) is 74.6 Å². The summed E-state index contributed by atoms with van der Waals surface area (Å²) < 4.78 is 25.3. The number of halogens is 1. The highest BCUT2D eigenvalue weighted by atomic mass is 19.1. The third-order valence-corrected chi connectivity index (χ3v) is 7.26. The summed E-state index contributed by atoms with van der Waals surface area (Å²) in [4.78, 5) is 39.8. The maximum atomic E-state index is 13.4. The zero-order valence-corrected chi connectivity index (χ0v) is 20.7. The Labute approximate surface area is 214 Å². The van der Waals surface area contributed by atoms with Crippen molar-refractivity contribution in [2.75, 3.05) is 24.3 Å². The molecule has 1 aliphatic carbocycles. The van der Waals surface area contributed by atoms with E-state index < -0.39 is 11.8 Å². The van der Waals surface area contributed by atoms with Crippen molar-refractivity contribution in [3.63, 3.8) is 0 Å². The lowest BCUT2D eigenvalue weighted by Crippen LogP contribution is -2.54. The van der Waals surface area contributed by atoms with Crippen molar-refractivity contribution in [2.45, 2.75) is 62.8 Å². The first-order valence-corrected chi connectivity index (χ1v) is 12.7. The van der Waals surface area contributed by atoms with E-state index in [1.807, 2.05) is 0 Å². The van der Waals surface area contributed by atoms with Crippen LogP contribution in [0.4, 0.5) is 20.6 Å². The van der Waals surface area contributed by atoms with Crippen LogP contribution in [0.2, 0.25) is 0 Å². The Morgan fingerprint density at radius 2 is 1.76 bits per heavy atom. The summed E-state index contributed by atoms with van der Waals surface area (Å²) >= 11 is 0. The zero-order valence-electron chi connectivity index (χ0n) is 20.7. The zero-order chi connectivity index (χ0) is 25.9. The number of rotatable bonds is 5. The Morgan fingerprint density at radius 3 is 2.49 bits per heavy atom. The molecule has 0 unspecified atom stereocenters. The maximum absolute atomic E-state index is 13.4. The highest BCUT2D eigenvalue weighted by Crippen LogP contribution is 2.32. The van der Waals surface area contributed by atoms with Crippen molar-refractivity contribution >= 4 is 29.2 Å². The number of anilines is 2. The minimum Gasteiger partial charge on any atom is -0.490 e. The van der Waals surface area contributed by atoms with E-state index in [1.165, 1.54) is 24.3 Å². The summed E-state index contributed by atoms with van der Waals surface area (Å²) in [6.07, 6.45) is 4.36. The van der Waals surface area contributed by atoms with Crippen LogP contribution in [0.3, 0.4) is 0 Å². The maximum Gasteiger partial charge on any atom is 0.323 e. The van der Waals surface area contributed by atoms with Crippen molar-refractivity contribution in [3.8, 4) is 5.75 Å². The topological polar surface area (TPSA) is 109 Å². The number of hydrogen-bond acceptors (Lipinski definition) is 5. The summed E-state index contributed by atoms with van der Waals surface area (Å²) in [5, 5.41) is 8.38. The quantitative estimate of drug-likeness (QED) is 0.565.